The Bertz CT molecular complexity index is 143. The fraction of sp³-hybridized carbons (Fsp3) is 0.600. The lowest BCUT2D eigenvalue weighted by molar-refractivity contribution is 0.243. The first-order valence-corrected chi connectivity index (χ1v) is 2.91. The monoisotopic (exact) mass is 144 g/mol. The minimum Gasteiger partial charge on any atom is -0.340 e. The van der Waals surface area contributed by atoms with Crippen LogP contribution in [-0.4, -0.2) is 25.3 Å². The van der Waals surface area contributed by atoms with Crippen molar-refractivity contribution in [2.24, 2.45) is 10.8 Å². The van der Waals surface area contributed by atoms with Gasteiger partial charge in [-0.2, -0.15) is 5.10 Å². The maximum absolute atomic E-state index is 10.5. The summed E-state index contributed by atoms with van der Waals surface area (Å²) in [5, 5.41) is 5.99. The first-order valence-electron chi connectivity index (χ1n) is 2.91. The smallest absolute Gasteiger partial charge is 0.334 e. The van der Waals surface area contributed by atoms with Gasteiger partial charge >= 0.3 is 6.03 Å². The molecule has 0 aromatic rings. The number of urea groups is 1. The Morgan fingerprint density at radius 3 is 2.70 bits per heavy atom. The maximum Gasteiger partial charge on any atom is 0.334 e. The molecular weight excluding hydrogens is 132 g/mol. The quantitative estimate of drug-likeness (QED) is 0.352. The standard InChI is InChI=1S/C5H12N4O/c1-4(3-6)8-9-5(10)7-2/h3,6H2,1-2H3,(H2,7,9,10)/b8-4+. The molecule has 0 saturated heterocycles. The Morgan fingerprint density at radius 2 is 2.30 bits per heavy atom. The van der Waals surface area contributed by atoms with Crippen LogP contribution in [0.2, 0.25) is 0 Å². The van der Waals surface area contributed by atoms with Crippen molar-refractivity contribution in [3.63, 3.8) is 0 Å². The molecule has 4 N–H and O–H groups in total. The van der Waals surface area contributed by atoms with Crippen molar-refractivity contribution in [3.8, 4) is 0 Å². The average Bonchev–Trinajstić information content (AvgIpc) is 1.99. The zero-order chi connectivity index (χ0) is 7.98. The minimum atomic E-state index is -0.340. The van der Waals surface area contributed by atoms with E-state index in [-0.39, 0.29) is 6.03 Å². The summed E-state index contributed by atoms with van der Waals surface area (Å²) in [6.07, 6.45) is 0. The van der Waals surface area contributed by atoms with Crippen LogP contribution in [0.5, 0.6) is 0 Å². The SMILES string of the molecule is CNC(=O)N/N=C(\C)CN. The Morgan fingerprint density at radius 1 is 1.70 bits per heavy atom. The molecule has 5 nitrogen and oxygen atoms in total. The molecule has 0 fully saturated rings. The van der Waals surface area contributed by atoms with E-state index >= 15 is 0 Å². The summed E-state index contributed by atoms with van der Waals surface area (Å²) in [4.78, 5) is 10.5. The fourth-order valence-electron chi connectivity index (χ4n) is 0.248. The van der Waals surface area contributed by atoms with Crippen molar-refractivity contribution in [1.82, 2.24) is 10.7 Å². The van der Waals surface area contributed by atoms with Crippen LogP contribution in [0.25, 0.3) is 0 Å². The van der Waals surface area contributed by atoms with Crippen LogP contribution in [0.4, 0.5) is 4.79 Å². The molecule has 0 aromatic carbocycles. The van der Waals surface area contributed by atoms with Gasteiger partial charge in [-0.05, 0) is 6.92 Å². The van der Waals surface area contributed by atoms with Crippen LogP contribution in [0, 0.1) is 0 Å². The summed E-state index contributed by atoms with van der Waals surface area (Å²) in [7, 11) is 1.52. The van der Waals surface area contributed by atoms with Crippen LogP contribution in [0.3, 0.4) is 0 Å². The predicted molar refractivity (Wildman–Crippen MR) is 39.8 cm³/mol. The number of amides is 2. The van der Waals surface area contributed by atoms with Gasteiger partial charge in [0.1, 0.15) is 0 Å². The first-order chi connectivity index (χ1) is 4.70. The number of nitrogens with zero attached hydrogens (tertiary/aromatic N) is 1. The fourth-order valence-corrected chi connectivity index (χ4v) is 0.248. The Hall–Kier alpha value is -1.10. The lowest BCUT2D eigenvalue weighted by atomic mass is 10.4. The van der Waals surface area contributed by atoms with Gasteiger partial charge in [-0.1, -0.05) is 0 Å². The number of hydrogen-bond acceptors (Lipinski definition) is 3. The molecular formula is C5H12N4O. The van der Waals surface area contributed by atoms with E-state index in [1.165, 1.54) is 7.05 Å². The summed E-state index contributed by atoms with van der Waals surface area (Å²) in [6.45, 7) is 2.08. The van der Waals surface area contributed by atoms with E-state index in [0.29, 0.717) is 12.3 Å². The molecule has 58 valence electrons. The van der Waals surface area contributed by atoms with Gasteiger partial charge in [-0.25, -0.2) is 10.2 Å². The predicted octanol–water partition coefficient (Wildman–Crippen LogP) is -0.750. The van der Waals surface area contributed by atoms with Gasteiger partial charge in [0.05, 0.1) is 0 Å². The van der Waals surface area contributed by atoms with E-state index in [4.69, 9.17) is 5.73 Å². The van der Waals surface area contributed by atoms with Gasteiger partial charge < -0.3 is 11.1 Å². The third-order valence-electron chi connectivity index (χ3n) is 0.871. The zero-order valence-electron chi connectivity index (χ0n) is 6.14. The molecule has 0 radical (unpaired) electrons. The molecule has 0 bridgehead atoms. The highest BCUT2D eigenvalue weighted by Crippen LogP contribution is 1.68. The van der Waals surface area contributed by atoms with Gasteiger partial charge in [0.25, 0.3) is 0 Å². The highest BCUT2D eigenvalue weighted by molar-refractivity contribution is 5.85. The third kappa shape index (κ3) is 3.85. The van der Waals surface area contributed by atoms with Crippen molar-refractivity contribution in [2.45, 2.75) is 6.92 Å². The number of hydrazone groups is 1. The molecule has 0 saturated carbocycles. The van der Waals surface area contributed by atoms with Gasteiger partial charge in [-0.15, -0.1) is 0 Å². The van der Waals surface area contributed by atoms with Gasteiger partial charge in [-0.3, -0.25) is 0 Å². The lowest BCUT2D eigenvalue weighted by Gasteiger charge is -1.97. The zero-order valence-corrected chi connectivity index (χ0v) is 6.14. The summed E-state index contributed by atoms with van der Waals surface area (Å²) in [5.41, 5.74) is 8.12. The molecule has 0 spiro atoms. The van der Waals surface area contributed by atoms with Crippen molar-refractivity contribution in [2.75, 3.05) is 13.6 Å². The Labute approximate surface area is 59.7 Å². The van der Waals surface area contributed by atoms with E-state index in [0.717, 1.165) is 0 Å². The van der Waals surface area contributed by atoms with Gasteiger partial charge in [0.15, 0.2) is 0 Å². The largest absolute Gasteiger partial charge is 0.340 e. The number of carbonyl (C=O) groups is 1. The van der Waals surface area contributed by atoms with Crippen molar-refractivity contribution < 1.29 is 4.79 Å². The van der Waals surface area contributed by atoms with E-state index in [1.54, 1.807) is 6.92 Å². The van der Waals surface area contributed by atoms with Gasteiger partial charge in [0.2, 0.25) is 0 Å². The number of hydrogen-bond donors (Lipinski definition) is 3. The maximum atomic E-state index is 10.5. The number of nitrogens with two attached hydrogens (primary N) is 1. The molecule has 0 aliphatic carbocycles. The molecule has 0 heterocycles. The normalized spacial score (nSPS) is 10.9. The molecule has 2 amide bonds. The van der Waals surface area contributed by atoms with Crippen LogP contribution >= 0.6 is 0 Å². The van der Waals surface area contributed by atoms with Crippen LogP contribution < -0.4 is 16.5 Å². The topological polar surface area (TPSA) is 79.5 Å². The number of carbonyl (C=O) groups excluding carboxylic acids is 1. The van der Waals surface area contributed by atoms with Crippen LogP contribution in [-0.2, 0) is 0 Å². The summed E-state index contributed by atoms with van der Waals surface area (Å²) < 4.78 is 0. The summed E-state index contributed by atoms with van der Waals surface area (Å²) >= 11 is 0. The molecule has 0 aliphatic heterocycles. The van der Waals surface area contributed by atoms with Crippen molar-refractivity contribution >= 4 is 11.7 Å². The van der Waals surface area contributed by atoms with Gasteiger partial charge in [0, 0.05) is 19.3 Å². The second-order valence-electron chi connectivity index (χ2n) is 1.74. The first kappa shape index (κ1) is 8.90. The highest BCUT2D eigenvalue weighted by Gasteiger charge is 1.90. The van der Waals surface area contributed by atoms with E-state index in [2.05, 4.69) is 15.8 Å². The second kappa shape index (κ2) is 4.75. The molecule has 0 atom stereocenters. The minimum absolute atomic E-state index is 0.340. The van der Waals surface area contributed by atoms with E-state index in [9.17, 15) is 4.79 Å². The molecule has 0 aliphatic rings. The van der Waals surface area contributed by atoms with Crippen LogP contribution in [0.1, 0.15) is 6.92 Å². The summed E-state index contributed by atoms with van der Waals surface area (Å²) in [6, 6.07) is -0.340. The third-order valence-corrected chi connectivity index (χ3v) is 0.871. The molecule has 5 heteroatoms. The summed E-state index contributed by atoms with van der Waals surface area (Å²) in [5.74, 6) is 0. The highest BCUT2D eigenvalue weighted by atomic mass is 16.2. The van der Waals surface area contributed by atoms with Crippen molar-refractivity contribution in [1.29, 1.82) is 0 Å². The molecule has 10 heavy (non-hydrogen) atoms. The average molecular weight is 144 g/mol. The lowest BCUT2D eigenvalue weighted by Crippen LogP contribution is -2.30. The number of nitrogens with one attached hydrogen (secondary N) is 2. The molecule has 0 rings (SSSR count). The molecule has 0 aromatic heterocycles. The Balaban J connectivity index is 3.61. The second-order valence-corrected chi connectivity index (χ2v) is 1.74. The van der Waals surface area contributed by atoms with Crippen LogP contribution in [0.15, 0.2) is 5.10 Å². The molecule has 0 unspecified atom stereocenters. The van der Waals surface area contributed by atoms with Crippen molar-refractivity contribution in [3.05, 3.63) is 0 Å². The Kier molecular flexibility index (Phi) is 4.23. The van der Waals surface area contributed by atoms with E-state index in [1.807, 2.05) is 0 Å². The number of rotatable bonds is 2. The van der Waals surface area contributed by atoms with E-state index < -0.39 is 0 Å².